The average Bonchev–Trinajstić information content (AvgIpc) is 3.29. The fraction of sp³-hybridized carbons (Fsp3) is 0.333. The Bertz CT molecular complexity index is 853. The maximum Gasteiger partial charge on any atom is 0.276 e. The molecule has 0 spiro atoms. The van der Waals surface area contributed by atoms with Gasteiger partial charge in [-0.25, -0.2) is 0 Å². The van der Waals surface area contributed by atoms with Crippen molar-refractivity contribution in [2.45, 2.75) is 13.0 Å². The number of aryl methyl sites for hydroxylation is 1. The molecule has 0 aliphatic carbocycles. The number of aromatic nitrogens is 4. The zero-order chi connectivity index (χ0) is 18.4. The van der Waals surface area contributed by atoms with Crippen molar-refractivity contribution in [1.29, 1.82) is 0 Å². The molecule has 8 heteroatoms. The third kappa shape index (κ3) is 4.27. The normalized spacial score (nSPS) is 11.6. The molecule has 3 rings (SSSR count). The lowest BCUT2D eigenvalue weighted by molar-refractivity contribution is 0.420. The Balaban J connectivity index is 1.52. The van der Waals surface area contributed by atoms with E-state index in [1.54, 1.807) is 13.2 Å². The summed E-state index contributed by atoms with van der Waals surface area (Å²) in [7, 11) is 5.82. The highest BCUT2D eigenvalue weighted by Crippen LogP contribution is 2.13. The smallest absolute Gasteiger partial charge is 0.276 e. The van der Waals surface area contributed by atoms with E-state index in [9.17, 15) is 0 Å². The van der Waals surface area contributed by atoms with Crippen molar-refractivity contribution in [3.8, 4) is 11.6 Å². The number of rotatable bonds is 6. The van der Waals surface area contributed by atoms with E-state index < -0.39 is 0 Å². The van der Waals surface area contributed by atoms with E-state index in [1.165, 1.54) is 5.69 Å². The van der Waals surface area contributed by atoms with Gasteiger partial charge >= 0.3 is 0 Å². The summed E-state index contributed by atoms with van der Waals surface area (Å²) in [5, 5.41) is 7.34. The van der Waals surface area contributed by atoms with E-state index in [0.717, 1.165) is 12.5 Å². The van der Waals surface area contributed by atoms with Crippen LogP contribution >= 0.6 is 0 Å². The Morgan fingerprint density at radius 3 is 2.88 bits per heavy atom. The SMILES string of the molecule is CN=C(NCCc1noc(-c2ccccn2)n1)N(C)Cc1cccn1C. The van der Waals surface area contributed by atoms with Crippen LogP contribution in [0, 0.1) is 0 Å². The highest BCUT2D eigenvalue weighted by molar-refractivity contribution is 5.79. The Kier molecular flexibility index (Phi) is 5.62. The van der Waals surface area contributed by atoms with Gasteiger partial charge in [-0.3, -0.25) is 9.98 Å². The first-order valence-electron chi connectivity index (χ1n) is 8.43. The second kappa shape index (κ2) is 8.28. The lowest BCUT2D eigenvalue weighted by Crippen LogP contribution is -2.39. The number of nitrogens with one attached hydrogen (secondary N) is 1. The largest absolute Gasteiger partial charge is 0.356 e. The minimum atomic E-state index is 0.436. The summed E-state index contributed by atoms with van der Waals surface area (Å²) in [6, 6.07) is 9.72. The molecule has 0 radical (unpaired) electrons. The molecule has 136 valence electrons. The quantitative estimate of drug-likeness (QED) is 0.537. The lowest BCUT2D eigenvalue weighted by Gasteiger charge is -2.22. The van der Waals surface area contributed by atoms with Crippen molar-refractivity contribution in [2.24, 2.45) is 12.0 Å². The summed E-state index contributed by atoms with van der Waals surface area (Å²) in [6.45, 7) is 1.43. The van der Waals surface area contributed by atoms with Crippen LogP contribution in [0.25, 0.3) is 11.6 Å². The molecule has 0 saturated carbocycles. The predicted molar refractivity (Wildman–Crippen MR) is 99.5 cm³/mol. The van der Waals surface area contributed by atoms with Crippen LogP contribution in [0.1, 0.15) is 11.5 Å². The number of nitrogens with zero attached hydrogens (tertiary/aromatic N) is 6. The van der Waals surface area contributed by atoms with Crippen LogP contribution in [0.2, 0.25) is 0 Å². The van der Waals surface area contributed by atoms with Crippen LogP contribution in [-0.2, 0) is 20.0 Å². The molecule has 3 aromatic rings. The van der Waals surface area contributed by atoms with Gasteiger partial charge in [0.1, 0.15) is 5.69 Å². The number of hydrogen-bond acceptors (Lipinski definition) is 5. The highest BCUT2D eigenvalue weighted by atomic mass is 16.5. The first-order chi connectivity index (χ1) is 12.7. The average molecular weight is 353 g/mol. The molecule has 0 atom stereocenters. The Hall–Kier alpha value is -3.16. The van der Waals surface area contributed by atoms with Crippen molar-refractivity contribution in [1.82, 2.24) is 29.9 Å². The van der Waals surface area contributed by atoms with Crippen LogP contribution < -0.4 is 5.32 Å². The molecule has 0 unspecified atom stereocenters. The molecule has 0 amide bonds. The van der Waals surface area contributed by atoms with E-state index in [-0.39, 0.29) is 0 Å². The fourth-order valence-corrected chi connectivity index (χ4v) is 2.60. The molecule has 0 bridgehead atoms. The number of pyridine rings is 1. The topological polar surface area (TPSA) is 84.4 Å². The lowest BCUT2D eigenvalue weighted by atomic mass is 10.3. The van der Waals surface area contributed by atoms with Crippen LogP contribution in [0.3, 0.4) is 0 Å². The molecule has 0 fully saturated rings. The molecule has 3 aromatic heterocycles. The van der Waals surface area contributed by atoms with E-state index in [2.05, 4.69) is 41.0 Å². The summed E-state index contributed by atoms with van der Waals surface area (Å²) in [6.07, 6.45) is 4.37. The van der Waals surface area contributed by atoms with Gasteiger partial charge in [0, 0.05) is 52.2 Å². The molecule has 0 aliphatic heterocycles. The van der Waals surface area contributed by atoms with Crippen LogP contribution in [0.5, 0.6) is 0 Å². The minimum Gasteiger partial charge on any atom is -0.356 e. The summed E-state index contributed by atoms with van der Waals surface area (Å²) in [5.41, 5.74) is 1.89. The Morgan fingerprint density at radius 2 is 2.19 bits per heavy atom. The molecular weight excluding hydrogens is 330 g/mol. The highest BCUT2D eigenvalue weighted by Gasteiger charge is 2.11. The van der Waals surface area contributed by atoms with Crippen molar-refractivity contribution in [2.75, 3.05) is 20.6 Å². The second-order valence-electron chi connectivity index (χ2n) is 5.92. The molecule has 1 N–H and O–H groups in total. The Morgan fingerprint density at radius 1 is 1.31 bits per heavy atom. The van der Waals surface area contributed by atoms with Crippen molar-refractivity contribution in [3.05, 3.63) is 54.2 Å². The molecule has 0 saturated heterocycles. The third-order valence-electron chi connectivity index (χ3n) is 4.01. The molecule has 0 aliphatic rings. The summed E-state index contributed by atoms with van der Waals surface area (Å²) in [5.74, 6) is 1.89. The van der Waals surface area contributed by atoms with Gasteiger partial charge in [0.15, 0.2) is 11.8 Å². The van der Waals surface area contributed by atoms with Crippen molar-refractivity contribution in [3.63, 3.8) is 0 Å². The van der Waals surface area contributed by atoms with Gasteiger partial charge in [-0.1, -0.05) is 11.2 Å². The first kappa shape index (κ1) is 17.7. The fourth-order valence-electron chi connectivity index (χ4n) is 2.60. The standard InChI is InChI=1S/C18H23N7O/c1-19-18(25(3)13-14-7-6-12-24(14)2)21-11-9-16-22-17(26-23-16)15-8-4-5-10-20-15/h4-8,10,12H,9,11,13H2,1-3H3,(H,19,21). The summed E-state index contributed by atoms with van der Waals surface area (Å²) in [4.78, 5) is 15.0. The van der Waals surface area contributed by atoms with Crippen molar-refractivity contribution < 1.29 is 4.52 Å². The predicted octanol–water partition coefficient (Wildman–Crippen LogP) is 1.72. The number of aliphatic imine (C=N–C) groups is 1. The molecule has 8 nitrogen and oxygen atoms in total. The van der Waals surface area contributed by atoms with E-state index in [1.807, 2.05) is 44.6 Å². The van der Waals surface area contributed by atoms with E-state index >= 15 is 0 Å². The maximum atomic E-state index is 5.27. The van der Waals surface area contributed by atoms with Crippen molar-refractivity contribution >= 4 is 5.96 Å². The number of guanidine groups is 1. The molecule has 3 heterocycles. The van der Waals surface area contributed by atoms with E-state index in [4.69, 9.17) is 4.52 Å². The maximum absolute atomic E-state index is 5.27. The van der Waals surface area contributed by atoms with Crippen LogP contribution in [0.15, 0.2) is 52.2 Å². The van der Waals surface area contributed by atoms with Gasteiger partial charge in [0.2, 0.25) is 0 Å². The van der Waals surface area contributed by atoms with Gasteiger partial charge in [0.25, 0.3) is 5.89 Å². The second-order valence-corrected chi connectivity index (χ2v) is 5.92. The van der Waals surface area contributed by atoms with Gasteiger partial charge < -0.3 is 19.3 Å². The zero-order valence-corrected chi connectivity index (χ0v) is 15.3. The minimum absolute atomic E-state index is 0.436. The van der Waals surface area contributed by atoms with Gasteiger partial charge in [-0.15, -0.1) is 0 Å². The monoisotopic (exact) mass is 353 g/mol. The molecular formula is C18H23N7O. The summed E-state index contributed by atoms with van der Waals surface area (Å²) >= 11 is 0. The number of hydrogen-bond donors (Lipinski definition) is 1. The van der Waals surface area contributed by atoms with Crippen LogP contribution in [-0.4, -0.2) is 51.2 Å². The zero-order valence-electron chi connectivity index (χ0n) is 15.3. The van der Waals surface area contributed by atoms with Gasteiger partial charge in [0.05, 0.1) is 6.54 Å². The summed E-state index contributed by atoms with van der Waals surface area (Å²) < 4.78 is 7.37. The van der Waals surface area contributed by atoms with E-state index in [0.29, 0.717) is 30.4 Å². The first-order valence-corrected chi connectivity index (χ1v) is 8.43. The molecule has 26 heavy (non-hydrogen) atoms. The van der Waals surface area contributed by atoms with Gasteiger partial charge in [-0.05, 0) is 24.3 Å². The third-order valence-corrected chi connectivity index (χ3v) is 4.01. The van der Waals surface area contributed by atoms with Gasteiger partial charge in [-0.2, -0.15) is 4.98 Å². The van der Waals surface area contributed by atoms with Crippen LogP contribution in [0.4, 0.5) is 0 Å². The Labute approximate surface area is 152 Å². The molecule has 0 aromatic carbocycles.